The molecule has 1 amide bonds. The Morgan fingerprint density at radius 3 is 2.65 bits per heavy atom. The number of halogens is 1. The summed E-state index contributed by atoms with van der Waals surface area (Å²) in [5, 5.41) is 12.4. The molecule has 3 rings (SSSR count). The van der Waals surface area contributed by atoms with E-state index in [1.165, 1.54) is 23.5 Å². The first-order valence-electron chi connectivity index (χ1n) is 6.25. The third-order valence-corrected chi connectivity index (χ3v) is 4.79. The summed E-state index contributed by atoms with van der Waals surface area (Å²) in [5.41, 5.74) is -1.13. The largest absolute Gasteiger partial charge is 0.480 e. The van der Waals surface area contributed by atoms with Crippen molar-refractivity contribution in [2.45, 2.75) is 24.8 Å². The second-order valence-corrected chi connectivity index (χ2v) is 6.07. The Bertz CT molecular complexity index is 706. The second kappa shape index (κ2) is 4.56. The number of carboxylic acids is 1. The van der Waals surface area contributed by atoms with Crippen LogP contribution in [-0.4, -0.2) is 22.5 Å². The van der Waals surface area contributed by atoms with Crippen molar-refractivity contribution in [3.8, 4) is 0 Å². The van der Waals surface area contributed by atoms with Gasteiger partial charge in [-0.05, 0) is 48.9 Å². The van der Waals surface area contributed by atoms with E-state index in [1.54, 1.807) is 12.1 Å². The van der Waals surface area contributed by atoms with Gasteiger partial charge in [-0.2, -0.15) is 0 Å². The van der Waals surface area contributed by atoms with Crippen molar-refractivity contribution in [3.63, 3.8) is 0 Å². The van der Waals surface area contributed by atoms with Crippen molar-refractivity contribution in [2.24, 2.45) is 0 Å². The van der Waals surface area contributed by atoms with Crippen LogP contribution in [0, 0.1) is 5.82 Å². The predicted octanol–water partition coefficient (Wildman–Crippen LogP) is 2.78. The zero-order valence-corrected chi connectivity index (χ0v) is 11.3. The van der Waals surface area contributed by atoms with Crippen LogP contribution in [0.2, 0.25) is 0 Å². The highest BCUT2D eigenvalue weighted by Gasteiger charge is 2.45. The Labute approximate surface area is 118 Å². The van der Waals surface area contributed by atoms with Gasteiger partial charge in [0.15, 0.2) is 0 Å². The highest BCUT2D eigenvalue weighted by atomic mass is 32.1. The molecule has 2 N–H and O–H groups in total. The molecule has 0 atom stereocenters. The fourth-order valence-corrected chi connectivity index (χ4v) is 3.27. The quantitative estimate of drug-likeness (QED) is 0.914. The van der Waals surface area contributed by atoms with Crippen LogP contribution in [0.15, 0.2) is 24.3 Å². The zero-order chi connectivity index (χ0) is 14.3. The molecule has 1 aromatic heterocycles. The van der Waals surface area contributed by atoms with Crippen molar-refractivity contribution in [2.75, 3.05) is 0 Å². The summed E-state index contributed by atoms with van der Waals surface area (Å²) in [6.07, 6.45) is 1.70. The molecular formula is C14H12FNO3S. The Hall–Kier alpha value is -1.95. The molecule has 1 fully saturated rings. The van der Waals surface area contributed by atoms with E-state index >= 15 is 0 Å². The molecule has 0 aliphatic heterocycles. The maximum Gasteiger partial charge on any atom is 0.329 e. The number of nitrogens with one attached hydrogen (secondary N) is 1. The van der Waals surface area contributed by atoms with Crippen LogP contribution in [-0.2, 0) is 4.79 Å². The monoisotopic (exact) mass is 293 g/mol. The average molecular weight is 293 g/mol. The maximum atomic E-state index is 13.1. The summed E-state index contributed by atoms with van der Waals surface area (Å²) >= 11 is 1.23. The van der Waals surface area contributed by atoms with E-state index in [1.807, 2.05) is 0 Å². The fraction of sp³-hybridized carbons (Fsp3) is 0.286. The highest BCUT2D eigenvalue weighted by molar-refractivity contribution is 7.20. The molecule has 1 aliphatic carbocycles. The minimum absolute atomic E-state index is 0.358. The molecular weight excluding hydrogens is 281 g/mol. The van der Waals surface area contributed by atoms with E-state index in [4.69, 9.17) is 0 Å². The lowest BCUT2D eigenvalue weighted by atomic mass is 9.77. The number of carbonyl (C=O) groups is 2. The van der Waals surface area contributed by atoms with Gasteiger partial charge >= 0.3 is 5.97 Å². The van der Waals surface area contributed by atoms with Crippen LogP contribution in [0.5, 0.6) is 0 Å². The number of rotatable bonds is 3. The summed E-state index contributed by atoms with van der Waals surface area (Å²) < 4.78 is 13.9. The Balaban J connectivity index is 1.87. The molecule has 0 bridgehead atoms. The number of hydrogen-bond acceptors (Lipinski definition) is 3. The Morgan fingerprint density at radius 2 is 2.05 bits per heavy atom. The first-order valence-corrected chi connectivity index (χ1v) is 7.07. The van der Waals surface area contributed by atoms with Crippen molar-refractivity contribution in [3.05, 3.63) is 35.0 Å². The predicted molar refractivity (Wildman–Crippen MR) is 73.5 cm³/mol. The number of carbonyl (C=O) groups excluding carboxylic acids is 1. The fourth-order valence-electron chi connectivity index (χ4n) is 2.33. The molecule has 0 saturated heterocycles. The molecule has 2 aromatic rings. The van der Waals surface area contributed by atoms with E-state index in [0.717, 1.165) is 11.1 Å². The number of carboxylic acid groups (broad SMARTS) is 1. The van der Waals surface area contributed by atoms with Crippen LogP contribution in [0.1, 0.15) is 28.9 Å². The van der Waals surface area contributed by atoms with Gasteiger partial charge in [0.2, 0.25) is 0 Å². The van der Waals surface area contributed by atoms with Crippen molar-refractivity contribution in [1.82, 2.24) is 5.32 Å². The number of amides is 1. The van der Waals surface area contributed by atoms with E-state index in [-0.39, 0.29) is 5.82 Å². The molecule has 0 spiro atoms. The number of fused-ring (bicyclic) bond motifs is 1. The lowest BCUT2D eigenvalue weighted by molar-refractivity contribution is -0.148. The summed E-state index contributed by atoms with van der Waals surface area (Å²) in [5.74, 6) is -1.76. The molecule has 4 nitrogen and oxygen atoms in total. The van der Waals surface area contributed by atoms with Gasteiger partial charge in [0.1, 0.15) is 11.4 Å². The van der Waals surface area contributed by atoms with Crippen molar-refractivity contribution >= 4 is 33.3 Å². The van der Waals surface area contributed by atoms with Gasteiger partial charge < -0.3 is 10.4 Å². The number of aliphatic carboxylic acids is 1. The standard InChI is InChI=1S/C14H12FNO3S/c15-9-2-3-10-8(6-9)7-11(20-10)12(17)16-14(13(18)19)4-1-5-14/h2-3,6-7H,1,4-5H2,(H,16,17)(H,18,19). The van der Waals surface area contributed by atoms with E-state index < -0.39 is 17.4 Å². The third kappa shape index (κ3) is 2.06. The second-order valence-electron chi connectivity index (χ2n) is 4.99. The molecule has 0 radical (unpaired) electrons. The van der Waals surface area contributed by atoms with E-state index in [2.05, 4.69) is 5.32 Å². The molecule has 1 heterocycles. The van der Waals surface area contributed by atoms with Gasteiger partial charge in [0.25, 0.3) is 5.91 Å². The molecule has 6 heteroatoms. The summed E-state index contributed by atoms with van der Waals surface area (Å²) in [4.78, 5) is 23.8. The third-order valence-electron chi connectivity index (χ3n) is 3.67. The van der Waals surface area contributed by atoms with Crippen LogP contribution in [0.3, 0.4) is 0 Å². The lowest BCUT2D eigenvalue weighted by Crippen LogP contribution is -2.59. The summed E-state index contributed by atoms with van der Waals surface area (Å²) in [7, 11) is 0. The van der Waals surface area contributed by atoms with Gasteiger partial charge in [-0.15, -0.1) is 11.3 Å². The van der Waals surface area contributed by atoms with Crippen LogP contribution in [0.25, 0.3) is 10.1 Å². The van der Waals surface area contributed by atoms with E-state index in [0.29, 0.717) is 23.1 Å². The summed E-state index contributed by atoms with van der Waals surface area (Å²) in [6, 6.07) is 5.90. The normalized spacial score (nSPS) is 16.6. The lowest BCUT2D eigenvalue weighted by Gasteiger charge is -2.38. The molecule has 20 heavy (non-hydrogen) atoms. The topological polar surface area (TPSA) is 66.4 Å². The van der Waals surface area contributed by atoms with Gasteiger partial charge in [-0.1, -0.05) is 0 Å². The Morgan fingerprint density at radius 1 is 1.30 bits per heavy atom. The number of benzene rings is 1. The van der Waals surface area contributed by atoms with Crippen LogP contribution in [0.4, 0.5) is 4.39 Å². The van der Waals surface area contributed by atoms with Gasteiger partial charge in [0.05, 0.1) is 4.88 Å². The molecule has 0 unspecified atom stereocenters. The molecule has 1 aromatic carbocycles. The highest BCUT2D eigenvalue weighted by Crippen LogP contribution is 2.33. The van der Waals surface area contributed by atoms with Gasteiger partial charge in [-0.3, -0.25) is 4.79 Å². The maximum absolute atomic E-state index is 13.1. The zero-order valence-electron chi connectivity index (χ0n) is 10.5. The summed E-state index contributed by atoms with van der Waals surface area (Å²) in [6.45, 7) is 0. The van der Waals surface area contributed by atoms with Crippen molar-refractivity contribution < 1.29 is 19.1 Å². The minimum atomic E-state index is -1.13. The van der Waals surface area contributed by atoms with Crippen LogP contribution < -0.4 is 5.32 Å². The molecule has 1 saturated carbocycles. The van der Waals surface area contributed by atoms with Gasteiger partial charge in [-0.25, -0.2) is 9.18 Å². The molecule has 1 aliphatic rings. The first-order chi connectivity index (χ1) is 9.50. The first kappa shape index (κ1) is 13.1. The van der Waals surface area contributed by atoms with Crippen molar-refractivity contribution in [1.29, 1.82) is 0 Å². The molecule has 104 valence electrons. The van der Waals surface area contributed by atoms with Crippen LogP contribution >= 0.6 is 11.3 Å². The van der Waals surface area contributed by atoms with Gasteiger partial charge in [0, 0.05) is 4.70 Å². The number of thiophene rings is 1. The number of hydrogen-bond donors (Lipinski definition) is 2. The Kier molecular flexibility index (Phi) is 2.97. The average Bonchev–Trinajstić information content (AvgIpc) is 2.75. The minimum Gasteiger partial charge on any atom is -0.480 e. The SMILES string of the molecule is O=C(NC1(C(=O)O)CCC1)c1cc2cc(F)ccc2s1. The smallest absolute Gasteiger partial charge is 0.329 e. The van der Waals surface area contributed by atoms with E-state index in [9.17, 15) is 19.1 Å².